The Morgan fingerprint density at radius 3 is 2.70 bits per heavy atom. The molecule has 20 heavy (non-hydrogen) atoms. The maximum atomic E-state index is 12.3. The van der Waals surface area contributed by atoms with Crippen LogP contribution in [0.25, 0.3) is 0 Å². The van der Waals surface area contributed by atoms with Crippen molar-refractivity contribution in [1.29, 1.82) is 0 Å². The van der Waals surface area contributed by atoms with E-state index in [1.165, 1.54) is 11.4 Å². The lowest BCUT2D eigenvalue weighted by molar-refractivity contribution is 0.0697. The summed E-state index contributed by atoms with van der Waals surface area (Å²) in [6.45, 7) is 0.493. The number of rotatable bonds is 7. The smallest absolute Gasteiger partial charge is 0.336 e. The summed E-state index contributed by atoms with van der Waals surface area (Å²) in [6.07, 6.45) is 3.18. The quantitative estimate of drug-likeness (QED) is 0.797. The van der Waals surface area contributed by atoms with E-state index in [1.54, 1.807) is 7.11 Å². The van der Waals surface area contributed by atoms with E-state index in [1.807, 2.05) is 0 Å². The molecule has 6 nitrogen and oxygen atoms in total. The summed E-state index contributed by atoms with van der Waals surface area (Å²) in [5, 5.41) is 10.2. The number of carboxylic acid groups (broad SMARTS) is 1. The van der Waals surface area contributed by atoms with Crippen LogP contribution < -0.4 is 4.72 Å². The molecule has 0 amide bonds. The number of aromatic carboxylic acids is 1. The molecule has 0 saturated heterocycles. The van der Waals surface area contributed by atoms with Crippen molar-refractivity contribution in [3.05, 3.63) is 17.0 Å². The van der Waals surface area contributed by atoms with E-state index in [-0.39, 0.29) is 9.77 Å². The lowest BCUT2D eigenvalue weighted by Crippen LogP contribution is -2.53. The highest BCUT2D eigenvalue weighted by Crippen LogP contribution is 2.37. The third kappa shape index (κ3) is 3.20. The van der Waals surface area contributed by atoms with Crippen LogP contribution in [-0.2, 0) is 14.8 Å². The van der Waals surface area contributed by atoms with E-state index in [0.29, 0.717) is 13.0 Å². The van der Waals surface area contributed by atoms with Crippen LogP contribution in [0.3, 0.4) is 0 Å². The van der Waals surface area contributed by atoms with Crippen molar-refractivity contribution in [3.63, 3.8) is 0 Å². The summed E-state index contributed by atoms with van der Waals surface area (Å²) in [5.74, 6) is -1.12. The second-order valence-corrected chi connectivity index (χ2v) is 7.76. The lowest BCUT2D eigenvalue weighted by atomic mass is 9.75. The van der Waals surface area contributed by atoms with E-state index in [4.69, 9.17) is 9.84 Å². The SMILES string of the molecule is COCCC1(NS(=O)(=O)c2cc(C(=O)O)cs2)CCC1. The summed E-state index contributed by atoms with van der Waals surface area (Å²) in [5.41, 5.74) is -0.447. The molecule has 112 valence electrons. The molecule has 8 heteroatoms. The Morgan fingerprint density at radius 2 is 2.25 bits per heavy atom. The number of thiophene rings is 1. The molecule has 2 N–H and O–H groups in total. The predicted molar refractivity (Wildman–Crippen MR) is 74.7 cm³/mol. The fourth-order valence-electron chi connectivity index (χ4n) is 2.21. The fraction of sp³-hybridized carbons (Fsp3) is 0.583. The molecule has 2 rings (SSSR count). The second-order valence-electron chi connectivity index (χ2n) is 4.94. The second kappa shape index (κ2) is 5.80. The van der Waals surface area contributed by atoms with Crippen molar-refractivity contribution in [2.75, 3.05) is 13.7 Å². The van der Waals surface area contributed by atoms with Gasteiger partial charge in [0.1, 0.15) is 4.21 Å². The van der Waals surface area contributed by atoms with Crippen LogP contribution in [0, 0.1) is 0 Å². The van der Waals surface area contributed by atoms with Gasteiger partial charge in [-0.1, -0.05) is 0 Å². The summed E-state index contributed by atoms with van der Waals surface area (Å²) in [7, 11) is -2.09. The Bertz CT molecular complexity index is 589. The van der Waals surface area contributed by atoms with Gasteiger partial charge in [0.15, 0.2) is 0 Å². The van der Waals surface area contributed by atoms with Gasteiger partial charge < -0.3 is 9.84 Å². The lowest BCUT2D eigenvalue weighted by Gasteiger charge is -2.42. The Kier molecular flexibility index (Phi) is 4.48. The molecule has 0 unspecified atom stereocenters. The Labute approximate surface area is 121 Å². The van der Waals surface area contributed by atoms with E-state index >= 15 is 0 Å². The van der Waals surface area contributed by atoms with E-state index in [2.05, 4.69) is 4.72 Å². The fourth-order valence-corrected chi connectivity index (χ4v) is 4.85. The van der Waals surface area contributed by atoms with Crippen molar-refractivity contribution in [3.8, 4) is 0 Å². The van der Waals surface area contributed by atoms with Gasteiger partial charge in [0, 0.05) is 24.6 Å². The first-order valence-corrected chi connectivity index (χ1v) is 8.60. The van der Waals surface area contributed by atoms with E-state index in [0.717, 1.165) is 30.6 Å². The van der Waals surface area contributed by atoms with Crippen LogP contribution in [0.15, 0.2) is 15.7 Å². The molecule has 0 aliphatic heterocycles. The van der Waals surface area contributed by atoms with Gasteiger partial charge in [0.05, 0.1) is 5.56 Å². The molecular formula is C12H17NO5S2. The summed E-state index contributed by atoms with van der Waals surface area (Å²) in [6, 6.07) is 1.19. The van der Waals surface area contributed by atoms with E-state index < -0.39 is 21.5 Å². The van der Waals surface area contributed by atoms with Gasteiger partial charge in [-0.3, -0.25) is 0 Å². The number of sulfonamides is 1. The highest BCUT2D eigenvalue weighted by Gasteiger charge is 2.40. The zero-order valence-electron chi connectivity index (χ0n) is 11.1. The molecule has 1 aliphatic rings. The maximum absolute atomic E-state index is 12.3. The maximum Gasteiger partial charge on any atom is 0.336 e. The molecule has 1 aromatic rings. The number of hydrogen-bond donors (Lipinski definition) is 2. The minimum absolute atomic E-state index is 0.00470. The van der Waals surface area contributed by atoms with Crippen molar-refractivity contribution in [2.45, 2.75) is 35.4 Å². The highest BCUT2D eigenvalue weighted by molar-refractivity contribution is 7.91. The summed E-state index contributed by atoms with van der Waals surface area (Å²) >= 11 is 0.921. The zero-order chi connectivity index (χ0) is 14.8. The average molecular weight is 319 g/mol. The Morgan fingerprint density at radius 1 is 1.55 bits per heavy atom. The number of ether oxygens (including phenoxy) is 1. The Balaban J connectivity index is 2.15. The largest absolute Gasteiger partial charge is 0.478 e. The van der Waals surface area contributed by atoms with Crippen LogP contribution in [0.4, 0.5) is 0 Å². The van der Waals surface area contributed by atoms with Gasteiger partial charge >= 0.3 is 5.97 Å². The minimum atomic E-state index is -3.67. The number of carbonyl (C=O) groups is 1. The van der Waals surface area contributed by atoms with Gasteiger partial charge in [-0.25, -0.2) is 17.9 Å². The molecule has 1 aromatic heterocycles. The molecule has 1 saturated carbocycles. The highest BCUT2D eigenvalue weighted by atomic mass is 32.2. The predicted octanol–water partition coefficient (Wildman–Crippen LogP) is 1.68. The van der Waals surface area contributed by atoms with Gasteiger partial charge in [-0.2, -0.15) is 0 Å². The van der Waals surface area contributed by atoms with Crippen molar-refractivity contribution in [1.82, 2.24) is 4.72 Å². The minimum Gasteiger partial charge on any atom is -0.478 e. The summed E-state index contributed by atoms with van der Waals surface area (Å²) in [4.78, 5) is 10.8. The zero-order valence-corrected chi connectivity index (χ0v) is 12.7. The number of nitrogens with one attached hydrogen (secondary N) is 1. The van der Waals surface area contributed by atoms with Crippen LogP contribution in [0.2, 0.25) is 0 Å². The van der Waals surface area contributed by atoms with Crippen LogP contribution in [0.1, 0.15) is 36.0 Å². The van der Waals surface area contributed by atoms with Gasteiger partial charge in [0.2, 0.25) is 0 Å². The Hall–Kier alpha value is -0.960. The molecule has 1 fully saturated rings. The first-order chi connectivity index (χ1) is 9.38. The van der Waals surface area contributed by atoms with Crippen LogP contribution in [-0.4, -0.2) is 38.7 Å². The summed E-state index contributed by atoms with van der Waals surface area (Å²) < 4.78 is 32.4. The molecule has 0 bridgehead atoms. The monoisotopic (exact) mass is 319 g/mol. The van der Waals surface area contributed by atoms with E-state index in [9.17, 15) is 13.2 Å². The number of carboxylic acids is 1. The first kappa shape index (κ1) is 15.4. The van der Waals surface area contributed by atoms with Crippen molar-refractivity contribution < 1.29 is 23.1 Å². The van der Waals surface area contributed by atoms with Crippen LogP contribution in [0.5, 0.6) is 0 Å². The van der Waals surface area contributed by atoms with Gasteiger partial charge in [-0.15, -0.1) is 11.3 Å². The molecule has 1 aliphatic carbocycles. The molecular weight excluding hydrogens is 302 g/mol. The molecule has 0 radical (unpaired) electrons. The molecule has 0 aromatic carbocycles. The topological polar surface area (TPSA) is 92.7 Å². The molecule has 0 atom stereocenters. The van der Waals surface area contributed by atoms with Crippen molar-refractivity contribution in [2.24, 2.45) is 0 Å². The average Bonchev–Trinajstić information content (AvgIpc) is 2.82. The van der Waals surface area contributed by atoms with Gasteiger partial charge in [-0.05, 0) is 31.7 Å². The number of hydrogen-bond acceptors (Lipinski definition) is 5. The number of methoxy groups -OCH3 is 1. The standard InChI is InChI=1S/C12H17NO5S2/c1-18-6-5-12(3-2-4-12)13-20(16,17)10-7-9(8-19-10)11(14)15/h7-8,13H,2-6H2,1H3,(H,14,15). The normalized spacial score (nSPS) is 17.6. The van der Waals surface area contributed by atoms with Crippen LogP contribution >= 0.6 is 11.3 Å². The molecule has 0 spiro atoms. The van der Waals surface area contributed by atoms with Crippen molar-refractivity contribution >= 4 is 27.3 Å². The molecule has 1 heterocycles. The third-order valence-electron chi connectivity index (χ3n) is 3.53. The van der Waals surface area contributed by atoms with Gasteiger partial charge in [0.25, 0.3) is 10.0 Å². The third-order valence-corrected chi connectivity index (χ3v) is 6.55. The first-order valence-electron chi connectivity index (χ1n) is 6.23.